The Kier molecular flexibility index (Phi) is 3.82. The van der Waals surface area contributed by atoms with E-state index in [1.807, 2.05) is 0 Å². The highest BCUT2D eigenvalue weighted by Gasteiger charge is 2.24. The van der Waals surface area contributed by atoms with Gasteiger partial charge < -0.3 is 15.8 Å². The molecule has 1 unspecified atom stereocenters. The molecule has 5 nitrogen and oxygen atoms in total. The minimum absolute atomic E-state index is 0.399. The summed E-state index contributed by atoms with van der Waals surface area (Å²) in [6.07, 6.45) is 0. The third kappa shape index (κ3) is 2.94. The van der Waals surface area contributed by atoms with E-state index in [0.717, 1.165) is 7.11 Å². The molecule has 86 valence electrons. The third-order valence-electron chi connectivity index (χ3n) is 1.88. The molecular weight excluding hydrogens is 215 g/mol. The summed E-state index contributed by atoms with van der Waals surface area (Å²) >= 11 is 0. The average Bonchev–Trinajstić information content (AvgIpc) is 2.27. The van der Waals surface area contributed by atoms with Gasteiger partial charge in [-0.3, -0.25) is 4.79 Å². The first-order valence-electron chi connectivity index (χ1n) is 4.44. The Labute approximate surface area is 91.4 Å². The molecule has 1 amide bonds. The third-order valence-corrected chi connectivity index (χ3v) is 1.88. The summed E-state index contributed by atoms with van der Waals surface area (Å²) in [4.78, 5) is 22.1. The van der Waals surface area contributed by atoms with Gasteiger partial charge in [0.2, 0.25) is 6.04 Å². The Balaban J connectivity index is 2.80. The summed E-state index contributed by atoms with van der Waals surface area (Å²) in [5.74, 6) is -2.08. The van der Waals surface area contributed by atoms with Gasteiger partial charge in [0.05, 0.1) is 7.11 Å². The van der Waals surface area contributed by atoms with Crippen molar-refractivity contribution in [1.29, 1.82) is 0 Å². The zero-order chi connectivity index (χ0) is 12.1. The zero-order valence-corrected chi connectivity index (χ0v) is 8.57. The van der Waals surface area contributed by atoms with Gasteiger partial charge in [0, 0.05) is 5.69 Å². The second-order valence-electron chi connectivity index (χ2n) is 3.01. The van der Waals surface area contributed by atoms with E-state index in [0.29, 0.717) is 5.69 Å². The van der Waals surface area contributed by atoms with Gasteiger partial charge >= 0.3 is 5.97 Å². The molecule has 0 bridgehead atoms. The van der Waals surface area contributed by atoms with E-state index in [9.17, 15) is 14.0 Å². The van der Waals surface area contributed by atoms with E-state index in [1.54, 1.807) is 0 Å². The SMILES string of the molecule is COC(=O)C(Nc1ccc(F)cc1)C(N)=O. The van der Waals surface area contributed by atoms with Gasteiger partial charge in [0.25, 0.3) is 5.91 Å². The quantitative estimate of drug-likeness (QED) is 0.570. The minimum atomic E-state index is -1.28. The van der Waals surface area contributed by atoms with Crippen LogP contribution in [0.1, 0.15) is 0 Å². The van der Waals surface area contributed by atoms with Crippen LogP contribution in [0.4, 0.5) is 10.1 Å². The molecule has 0 aliphatic rings. The van der Waals surface area contributed by atoms with E-state index in [-0.39, 0.29) is 0 Å². The Bertz CT molecular complexity index is 392. The number of rotatable bonds is 4. The fourth-order valence-corrected chi connectivity index (χ4v) is 1.08. The topological polar surface area (TPSA) is 81.4 Å². The molecule has 1 aromatic carbocycles. The number of ether oxygens (including phenoxy) is 1. The van der Waals surface area contributed by atoms with Crippen LogP contribution in [0.3, 0.4) is 0 Å². The Morgan fingerprint density at radius 2 is 1.94 bits per heavy atom. The molecule has 0 radical (unpaired) electrons. The molecule has 1 aromatic rings. The van der Waals surface area contributed by atoms with Gasteiger partial charge in [-0.2, -0.15) is 0 Å². The minimum Gasteiger partial charge on any atom is -0.467 e. The molecule has 0 aliphatic carbocycles. The molecule has 0 aliphatic heterocycles. The van der Waals surface area contributed by atoms with Crippen molar-refractivity contribution in [3.63, 3.8) is 0 Å². The first-order valence-corrected chi connectivity index (χ1v) is 4.44. The normalized spacial score (nSPS) is 11.6. The molecule has 0 saturated carbocycles. The summed E-state index contributed by atoms with van der Waals surface area (Å²) < 4.78 is 17.0. The van der Waals surface area contributed by atoms with E-state index in [2.05, 4.69) is 10.1 Å². The van der Waals surface area contributed by atoms with Crippen LogP contribution in [-0.2, 0) is 14.3 Å². The van der Waals surface area contributed by atoms with Crippen LogP contribution in [-0.4, -0.2) is 25.0 Å². The summed E-state index contributed by atoms with van der Waals surface area (Å²) in [6.45, 7) is 0. The number of methoxy groups -OCH3 is 1. The molecule has 0 heterocycles. The molecule has 6 heteroatoms. The lowest BCUT2D eigenvalue weighted by Crippen LogP contribution is -2.42. The molecule has 16 heavy (non-hydrogen) atoms. The first kappa shape index (κ1) is 12.0. The van der Waals surface area contributed by atoms with E-state index in [1.165, 1.54) is 24.3 Å². The van der Waals surface area contributed by atoms with Gasteiger partial charge in [-0.05, 0) is 24.3 Å². The van der Waals surface area contributed by atoms with Crippen LogP contribution in [0.2, 0.25) is 0 Å². The van der Waals surface area contributed by atoms with Crippen LogP contribution in [0.15, 0.2) is 24.3 Å². The molecule has 0 fully saturated rings. The number of halogens is 1. The highest BCUT2D eigenvalue weighted by Crippen LogP contribution is 2.10. The van der Waals surface area contributed by atoms with Crippen molar-refractivity contribution in [2.24, 2.45) is 5.73 Å². The number of primary amides is 1. The molecule has 0 spiro atoms. The average molecular weight is 226 g/mol. The lowest BCUT2D eigenvalue weighted by atomic mass is 10.2. The summed E-state index contributed by atoms with van der Waals surface area (Å²) in [5, 5.41) is 2.54. The van der Waals surface area contributed by atoms with Crippen LogP contribution >= 0.6 is 0 Å². The predicted octanol–water partition coefficient (Wildman–Crippen LogP) is 0.264. The van der Waals surface area contributed by atoms with Gasteiger partial charge in [-0.25, -0.2) is 9.18 Å². The summed E-state index contributed by atoms with van der Waals surface area (Å²) in [7, 11) is 1.14. The fourth-order valence-electron chi connectivity index (χ4n) is 1.08. The van der Waals surface area contributed by atoms with Crippen LogP contribution in [0.25, 0.3) is 0 Å². The van der Waals surface area contributed by atoms with E-state index in [4.69, 9.17) is 5.73 Å². The number of carbonyl (C=O) groups is 2. The Hall–Kier alpha value is -2.11. The largest absolute Gasteiger partial charge is 0.467 e. The maximum absolute atomic E-state index is 12.6. The molecule has 1 atom stereocenters. The molecule has 3 N–H and O–H groups in total. The molecule has 0 aromatic heterocycles. The number of nitrogens with one attached hydrogen (secondary N) is 1. The molecule has 1 rings (SSSR count). The highest BCUT2D eigenvalue weighted by atomic mass is 19.1. The molecule has 0 saturated heterocycles. The van der Waals surface area contributed by atoms with Crippen molar-refractivity contribution in [1.82, 2.24) is 0 Å². The second-order valence-corrected chi connectivity index (χ2v) is 3.01. The van der Waals surface area contributed by atoms with Crippen molar-refractivity contribution in [2.45, 2.75) is 6.04 Å². The summed E-state index contributed by atoms with van der Waals surface area (Å²) in [6, 6.07) is 3.87. The van der Waals surface area contributed by atoms with Crippen LogP contribution in [0, 0.1) is 5.82 Å². The predicted molar refractivity (Wildman–Crippen MR) is 55.0 cm³/mol. The lowest BCUT2D eigenvalue weighted by Gasteiger charge is -2.13. The van der Waals surface area contributed by atoms with Crippen molar-refractivity contribution in [3.05, 3.63) is 30.1 Å². The number of anilines is 1. The standard InChI is InChI=1S/C10H11FN2O3/c1-16-10(15)8(9(12)14)13-7-4-2-6(11)3-5-7/h2-5,8,13H,1H3,(H2,12,14). The number of benzene rings is 1. The Morgan fingerprint density at radius 1 is 1.38 bits per heavy atom. The van der Waals surface area contributed by atoms with E-state index >= 15 is 0 Å². The first-order chi connectivity index (χ1) is 7.54. The molecular formula is C10H11FN2O3. The second kappa shape index (κ2) is 5.11. The smallest absolute Gasteiger partial charge is 0.338 e. The van der Waals surface area contributed by atoms with Gasteiger partial charge in [-0.15, -0.1) is 0 Å². The van der Waals surface area contributed by atoms with Gasteiger partial charge in [0.1, 0.15) is 5.82 Å². The van der Waals surface area contributed by atoms with Gasteiger partial charge in [-0.1, -0.05) is 0 Å². The van der Waals surface area contributed by atoms with Crippen LogP contribution < -0.4 is 11.1 Å². The monoisotopic (exact) mass is 226 g/mol. The van der Waals surface area contributed by atoms with Crippen molar-refractivity contribution in [2.75, 3.05) is 12.4 Å². The number of hydrogen-bond donors (Lipinski definition) is 2. The zero-order valence-electron chi connectivity index (χ0n) is 8.57. The highest BCUT2D eigenvalue weighted by molar-refractivity contribution is 6.03. The number of amides is 1. The number of hydrogen-bond acceptors (Lipinski definition) is 4. The number of nitrogens with two attached hydrogens (primary N) is 1. The maximum atomic E-state index is 12.6. The number of esters is 1. The lowest BCUT2D eigenvalue weighted by molar-refractivity contribution is -0.144. The maximum Gasteiger partial charge on any atom is 0.338 e. The van der Waals surface area contributed by atoms with Gasteiger partial charge in [0.15, 0.2) is 0 Å². The summed E-state index contributed by atoms with van der Waals surface area (Å²) in [5.41, 5.74) is 5.41. The van der Waals surface area contributed by atoms with E-state index < -0.39 is 23.7 Å². The fraction of sp³-hybridized carbons (Fsp3) is 0.200. The van der Waals surface area contributed by atoms with Crippen molar-refractivity contribution >= 4 is 17.6 Å². The van der Waals surface area contributed by atoms with Crippen molar-refractivity contribution in [3.8, 4) is 0 Å². The number of carbonyl (C=O) groups excluding carboxylic acids is 2. The Morgan fingerprint density at radius 3 is 2.38 bits per heavy atom. The van der Waals surface area contributed by atoms with Crippen molar-refractivity contribution < 1.29 is 18.7 Å². The van der Waals surface area contributed by atoms with Crippen LogP contribution in [0.5, 0.6) is 0 Å².